The number of rotatable bonds is 5. The molecule has 6 heteroatoms. The Morgan fingerprint density at radius 1 is 1.53 bits per heavy atom. The highest BCUT2D eigenvalue weighted by Crippen LogP contribution is 2.26. The Bertz CT molecular complexity index is 531. The number of hydrogen-bond acceptors (Lipinski definition) is 4. The summed E-state index contributed by atoms with van der Waals surface area (Å²) >= 11 is 1.71. The molecule has 108 valence electrons. The zero-order valence-corrected chi connectivity index (χ0v) is 13.3. The van der Waals surface area contributed by atoms with Gasteiger partial charge >= 0.3 is 0 Å². The van der Waals surface area contributed by atoms with E-state index in [1.165, 1.54) is 9.75 Å². The van der Waals surface area contributed by atoms with Crippen LogP contribution in [0, 0.1) is 13.8 Å². The van der Waals surface area contributed by atoms with Crippen LogP contribution in [-0.2, 0) is 10.0 Å². The van der Waals surface area contributed by atoms with Gasteiger partial charge in [-0.25, -0.2) is 13.1 Å². The van der Waals surface area contributed by atoms with Crippen molar-refractivity contribution in [3.8, 4) is 0 Å². The number of nitrogens with one attached hydrogen (secondary N) is 2. The summed E-state index contributed by atoms with van der Waals surface area (Å²) in [4.78, 5) is 2.41. The SMILES string of the molecule is Cc1cc(C(C)NS(=O)(=O)CC2CCCN2)c(C)s1. The molecule has 2 N–H and O–H groups in total. The minimum atomic E-state index is -3.23. The van der Waals surface area contributed by atoms with E-state index in [2.05, 4.69) is 16.1 Å². The topological polar surface area (TPSA) is 58.2 Å². The smallest absolute Gasteiger partial charge is 0.213 e. The summed E-state index contributed by atoms with van der Waals surface area (Å²) < 4.78 is 27.1. The molecule has 0 spiro atoms. The van der Waals surface area contributed by atoms with Crippen molar-refractivity contribution in [2.45, 2.75) is 45.7 Å². The first-order valence-corrected chi connectivity index (χ1v) is 9.14. The Labute approximate surface area is 119 Å². The van der Waals surface area contributed by atoms with Crippen LogP contribution < -0.4 is 10.0 Å². The first-order chi connectivity index (χ1) is 8.87. The van der Waals surface area contributed by atoms with Crippen LogP contribution >= 0.6 is 11.3 Å². The first kappa shape index (κ1) is 15.0. The van der Waals surface area contributed by atoms with Gasteiger partial charge in [0.2, 0.25) is 10.0 Å². The van der Waals surface area contributed by atoms with Crippen LogP contribution in [0.5, 0.6) is 0 Å². The Kier molecular flexibility index (Phi) is 4.66. The normalized spacial score (nSPS) is 21.7. The van der Waals surface area contributed by atoms with Gasteiger partial charge in [-0.05, 0) is 51.8 Å². The lowest BCUT2D eigenvalue weighted by Crippen LogP contribution is -2.37. The molecular formula is C13H22N2O2S2. The molecule has 1 saturated heterocycles. The van der Waals surface area contributed by atoms with E-state index >= 15 is 0 Å². The standard InChI is InChI=1S/C13H22N2O2S2/c1-9-7-13(11(3)18-9)10(2)15-19(16,17)8-12-5-4-6-14-12/h7,10,12,14-15H,4-6,8H2,1-3H3. The van der Waals surface area contributed by atoms with Gasteiger partial charge < -0.3 is 5.32 Å². The van der Waals surface area contributed by atoms with E-state index in [0.29, 0.717) is 0 Å². The number of thiophene rings is 1. The van der Waals surface area contributed by atoms with Crippen LogP contribution in [0.2, 0.25) is 0 Å². The van der Waals surface area contributed by atoms with E-state index < -0.39 is 10.0 Å². The van der Waals surface area contributed by atoms with Crippen LogP contribution in [0.1, 0.15) is 41.1 Å². The number of aryl methyl sites for hydroxylation is 2. The summed E-state index contributed by atoms with van der Waals surface area (Å²) in [6.45, 7) is 6.92. The monoisotopic (exact) mass is 302 g/mol. The Hall–Kier alpha value is -0.430. The quantitative estimate of drug-likeness (QED) is 0.876. The van der Waals surface area contributed by atoms with Gasteiger partial charge in [-0.1, -0.05) is 0 Å². The van der Waals surface area contributed by atoms with Gasteiger partial charge in [-0.15, -0.1) is 11.3 Å². The summed E-state index contributed by atoms with van der Waals surface area (Å²) in [5, 5.41) is 3.22. The summed E-state index contributed by atoms with van der Waals surface area (Å²) in [5.74, 6) is 0.180. The van der Waals surface area contributed by atoms with Crippen molar-refractivity contribution >= 4 is 21.4 Å². The zero-order valence-electron chi connectivity index (χ0n) is 11.7. The zero-order chi connectivity index (χ0) is 14.0. The maximum absolute atomic E-state index is 12.1. The van der Waals surface area contributed by atoms with E-state index in [1.807, 2.05) is 20.8 Å². The van der Waals surface area contributed by atoms with Crippen LogP contribution in [0.25, 0.3) is 0 Å². The third-order valence-corrected chi connectivity index (χ3v) is 6.02. The highest BCUT2D eigenvalue weighted by molar-refractivity contribution is 7.89. The van der Waals surface area contributed by atoms with E-state index in [1.54, 1.807) is 11.3 Å². The number of sulfonamides is 1. The van der Waals surface area contributed by atoms with E-state index in [9.17, 15) is 8.42 Å². The molecule has 2 heterocycles. The summed E-state index contributed by atoms with van der Waals surface area (Å²) in [6, 6.07) is 2.02. The number of hydrogen-bond donors (Lipinski definition) is 2. The second-order valence-electron chi connectivity index (χ2n) is 5.28. The molecule has 0 aromatic carbocycles. The highest BCUT2D eigenvalue weighted by Gasteiger charge is 2.24. The predicted molar refractivity (Wildman–Crippen MR) is 80.2 cm³/mol. The van der Waals surface area contributed by atoms with Crippen molar-refractivity contribution in [1.82, 2.24) is 10.0 Å². The predicted octanol–water partition coefficient (Wildman–Crippen LogP) is 2.10. The maximum Gasteiger partial charge on any atom is 0.213 e. The third-order valence-electron chi connectivity index (χ3n) is 3.49. The molecule has 1 aliphatic rings. The molecule has 19 heavy (non-hydrogen) atoms. The molecule has 2 unspecified atom stereocenters. The van der Waals surface area contributed by atoms with Crippen LogP contribution in [0.4, 0.5) is 0 Å². The molecule has 1 aliphatic heterocycles. The molecule has 1 aromatic rings. The van der Waals surface area contributed by atoms with Crippen molar-refractivity contribution < 1.29 is 8.42 Å². The summed E-state index contributed by atoms with van der Waals surface area (Å²) in [7, 11) is -3.23. The fourth-order valence-electron chi connectivity index (χ4n) is 2.63. The second-order valence-corrected chi connectivity index (χ2v) is 8.54. The van der Waals surface area contributed by atoms with Crippen molar-refractivity contribution in [2.75, 3.05) is 12.3 Å². The van der Waals surface area contributed by atoms with Gasteiger partial charge in [-0.2, -0.15) is 0 Å². The van der Waals surface area contributed by atoms with E-state index in [4.69, 9.17) is 0 Å². The Morgan fingerprint density at radius 3 is 2.79 bits per heavy atom. The third kappa shape index (κ3) is 4.02. The molecule has 2 atom stereocenters. The molecule has 0 saturated carbocycles. The van der Waals surface area contributed by atoms with Gasteiger partial charge in [0, 0.05) is 21.8 Å². The van der Waals surface area contributed by atoms with Crippen LogP contribution in [0.3, 0.4) is 0 Å². The fraction of sp³-hybridized carbons (Fsp3) is 0.692. The van der Waals surface area contributed by atoms with Crippen molar-refractivity contribution in [3.63, 3.8) is 0 Å². The molecule has 4 nitrogen and oxygen atoms in total. The van der Waals surface area contributed by atoms with Crippen LogP contribution in [0.15, 0.2) is 6.07 Å². The molecule has 0 bridgehead atoms. The molecule has 0 radical (unpaired) electrons. The van der Waals surface area contributed by atoms with Gasteiger partial charge in [0.25, 0.3) is 0 Å². The average Bonchev–Trinajstić information content (AvgIpc) is 2.86. The summed E-state index contributed by atoms with van der Waals surface area (Å²) in [6.07, 6.45) is 2.02. The fourth-order valence-corrected chi connectivity index (χ4v) is 5.22. The van der Waals surface area contributed by atoms with E-state index in [-0.39, 0.29) is 17.8 Å². The van der Waals surface area contributed by atoms with Gasteiger partial charge in [-0.3, -0.25) is 0 Å². The summed E-state index contributed by atoms with van der Waals surface area (Å²) in [5.41, 5.74) is 1.09. The molecule has 2 rings (SSSR count). The lowest BCUT2D eigenvalue weighted by atomic mass is 10.1. The van der Waals surface area contributed by atoms with Gasteiger partial charge in [0.05, 0.1) is 5.75 Å². The molecular weight excluding hydrogens is 280 g/mol. The molecule has 0 amide bonds. The van der Waals surface area contributed by atoms with Crippen LogP contribution in [-0.4, -0.2) is 26.8 Å². The first-order valence-electron chi connectivity index (χ1n) is 6.68. The molecule has 1 fully saturated rings. The lowest BCUT2D eigenvalue weighted by molar-refractivity contribution is 0.551. The molecule has 0 aliphatic carbocycles. The minimum Gasteiger partial charge on any atom is -0.313 e. The van der Waals surface area contributed by atoms with Gasteiger partial charge in [0.15, 0.2) is 0 Å². The minimum absolute atomic E-state index is 0.106. The Morgan fingerprint density at radius 2 is 2.26 bits per heavy atom. The maximum atomic E-state index is 12.1. The molecule has 1 aromatic heterocycles. The average molecular weight is 302 g/mol. The Balaban J connectivity index is 2.00. The second kappa shape index (κ2) is 5.91. The largest absolute Gasteiger partial charge is 0.313 e. The lowest BCUT2D eigenvalue weighted by Gasteiger charge is -2.16. The highest BCUT2D eigenvalue weighted by atomic mass is 32.2. The van der Waals surface area contributed by atoms with Crippen molar-refractivity contribution in [1.29, 1.82) is 0 Å². The van der Waals surface area contributed by atoms with Crippen molar-refractivity contribution in [3.05, 3.63) is 21.4 Å². The van der Waals surface area contributed by atoms with Crippen molar-refractivity contribution in [2.24, 2.45) is 0 Å². The van der Waals surface area contributed by atoms with Gasteiger partial charge in [0.1, 0.15) is 0 Å². The van der Waals surface area contributed by atoms with E-state index in [0.717, 1.165) is 24.9 Å².